The number of carbonyl (C=O) groups is 2. The number of aryl methyl sites for hydroxylation is 1. The van der Waals surface area contributed by atoms with Crippen LogP contribution in [0, 0.1) is 6.92 Å². The van der Waals surface area contributed by atoms with Crippen LogP contribution in [-0.2, 0) is 0 Å². The largest absolute Gasteiger partial charge is 0.478 e. The van der Waals surface area contributed by atoms with Gasteiger partial charge in [0.15, 0.2) is 0 Å². The summed E-state index contributed by atoms with van der Waals surface area (Å²) < 4.78 is 0. The Hall–Kier alpha value is -2.08. The van der Waals surface area contributed by atoms with E-state index in [2.05, 4.69) is 10.6 Å². The van der Waals surface area contributed by atoms with Crippen molar-refractivity contribution in [1.82, 2.24) is 10.2 Å². The van der Waals surface area contributed by atoms with E-state index in [-0.39, 0.29) is 11.6 Å². The van der Waals surface area contributed by atoms with E-state index in [9.17, 15) is 9.59 Å². The first kappa shape index (κ1) is 16.0. The Bertz CT molecular complexity index is 500. The Morgan fingerprint density at radius 3 is 2.55 bits per heavy atom. The highest BCUT2D eigenvalue weighted by Crippen LogP contribution is 2.20. The zero-order chi connectivity index (χ0) is 15.3. The highest BCUT2D eigenvalue weighted by Gasteiger charge is 2.15. The minimum Gasteiger partial charge on any atom is -0.478 e. The van der Waals surface area contributed by atoms with Crippen LogP contribution in [0.2, 0.25) is 0 Å². The van der Waals surface area contributed by atoms with Gasteiger partial charge in [-0.3, -0.25) is 0 Å². The monoisotopic (exact) mass is 279 g/mol. The lowest BCUT2D eigenvalue weighted by Gasteiger charge is -2.19. The molecule has 110 valence electrons. The van der Waals surface area contributed by atoms with Crippen molar-refractivity contribution in [2.75, 3.05) is 26.0 Å². The Labute approximate surface area is 118 Å². The molecule has 0 aliphatic carbocycles. The number of amides is 2. The molecule has 0 radical (unpaired) electrons. The number of aromatic carboxylic acids is 1. The van der Waals surface area contributed by atoms with E-state index in [1.807, 2.05) is 25.9 Å². The number of nitrogens with one attached hydrogen (secondary N) is 2. The Balaban J connectivity index is 2.78. The van der Waals surface area contributed by atoms with Gasteiger partial charge in [-0.15, -0.1) is 0 Å². The first-order valence-electron chi connectivity index (χ1n) is 6.36. The predicted molar refractivity (Wildman–Crippen MR) is 78.3 cm³/mol. The van der Waals surface area contributed by atoms with Crippen molar-refractivity contribution in [3.05, 3.63) is 29.3 Å². The molecule has 6 heteroatoms. The van der Waals surface area contributed by atoms with Gasteiger partial charge in [-0.25, -0.2) is 9.59 Å². The summed E-state index contributed by atoms with van der Waals surface area (Å²) in [6, 6.07) is 4.43. The maximum atomic E-state index is 11.9. The molecular weight excluding hydrogens is 258 g/mol. The molecule has 1 aromatic carbocycles. The molecule has 6 nitrogen and oxygen atoms in total. The molecule has 0 heterocycles. The van der Waals surface area contributed by atoms with Gasteiger partial charge in [-0.1, -0.05) is 12.1 Å². The molecule has 0 bridgehead atoms. The van der Waals surface area contributed by atoms with E-state index in [1.54, 1.807) is 19.1 Å². The van der Waals surface area contributed by atoms with Crippen molar-refractivity contribution in [2.24, 2.45) is 0 Å². The average molecular weight is 279 g/mol. The molecule has 0 aromatic heterocycles. The second-order valence-electron chi connectivity index (χ2n) is 5.06. The third kappa shape index (κ3) is 4.55. The van der Waals surface area contributed by atoms with Gasteiger partial charge in [0.2, 0.25) is 0 Å². The summed E-state index contributed by atoms with van der Waals surface area (Å²) >= 11 is 0. The summed E-state index contributed by atoms with van der Waals surface area (Å²) in [5.74, 6) is -1.06. The molecule has 1 aromatic rings. The fourth-order valence-electron chi connectivity index (χ4n) is 1.98. The van der Waals surface area contributed by atoms with Crippen molar-refractivity contribution in [3.63, 3.8) is 0 Å². The Kier molecular flexibility index (Phi) is 5.52. The van der Waals surface area contributed by atoms with Crippen LogP contribution in [0.5, 0.6) is 0 Å². The molecule has 0 aliphatic heterocycles. The van der Waals surface area contributed by atoms with E-state index in [4.69, 9.17) is 5.11 Å². The quantitative estimate of drug-likeness (QED) is 0.767. The van der Waals surface area contributed by atoms with Crippen molar-refractivity contribution < 1.29 is 14.7 Å². The van der Waals surface area contributed by atoms with Crippen molar-refractivity contribution in [3.8, 4) is 0 Å². The van der Waals surface area contributed by atoms with E-state index >= 15 is 0 Å². The minimum absolute atomic E-state index is 0.0395. The van der Waals surface area contributed by atoms with Gasteiger partial charge in [0, 0.05) is 12.6 Å². The van der Waals surface area contributed by atoms with Crippen LogP contribution in [0.3, 0.4) is 0 Å². The predicted octanol–water partition coefficient (Wildman–Crippen LogP) is 1.76. The standard InChI is InChI=1S/C14H21N3O3/c1-9-6-5-7-11(13(18)19)12(9)16-14(20)15-10(2)8-17(3)4/h5-7,10H,8H2,1-4H3,(H,18,19)(H2,15,16,20). The number of benzene rings is 1. The lowest BCUT2D eigenvalue weighted by atomic mass is 10.1. The molecule has 2 amide bonds. The molecule has 0 saturated heterocycles. The molecule has 0 spiro atoms. The van der Waals surface area contributed by atoms with Gasteiger partial charge in [-0.05, 0) is 39.6 Å². The third-order valence-electron chi connectivity index (χ3n) is 2.76. The fraction of sp³-hybridized carbons (Fsp3) is 0.429. The van der Waals surface area contributed by atoms with E-state index in [0.717, 1.165) is 0 Å². The van der Waals surface area contributed by atoms with Crippen LogP contribution in [0.15, 0.2) is 18.2 Å². The van der Waals surface area contributed by atoms with E-state index < -0.39 is 12.0 Å². The molecular formula is C14H21N3O3. The Morgan fingerprint density at radius 1 is 1.35 bits per heavy atom. The first-order valence-corrected chi connectivity index (χ1v) is 6.36. The minimum atomic E-state index is -1.06. The van der Waals surface area contributed by atoms with Crippen LogP contribution < -0.4 is 10.6 Å². The topological polar surface area (TPSA) is 81.7 Å². The molecule has 1 rings (SSSR count). The van der Waals surface area contributed by atoms with Gasteiger partial charge in [-0.2, -0.15) is 0 Å². The SMILES string of the molecule is Cc1cccc(C(=O)O)c1NC(=O)NC(C)CN(C)C. The maximum Gasteiger partial charge on any atom is 0.337 e. The highest BCUT2D eigenvalue weighted by molar-refractivity contribution is 6.01. The molecule has 0 saturated carbocycles. The lowest BCUT2D eigenvalue weighted by Crippen LogP contribution is -2.42. The number of carbonyl (C=O) groups excluding carboxylic acids is 1. The summed E-state index contributed by atoms with van der Waals surface area (Å²) in [7, 11) is 3.83. The van der Waals surface area contributed by atoms with E-state index in [1.165, 1.54) is 6.07 Å². The zero-order valence-electron chi connectivity index (χ0n) is 12.2. The van der Waals surface area contributed by atoms with Crippen LogP contribution >= 0.6 is 0 Å². The number of para-hydroxylation sites is 1. The van der Waals surface area contributed by atoms with Crippen molar-refractivity contribution in [1.29, 1.82) is 0 Å². The summed E-state index contributed by atoms with van der Waals surface area (Å²) in [6.07, 6.45) is 0. The average Bonchev–Trinajstić information content (AvgIpc) is 2.29. The van der Waals surface area contributed by atoms with Crippen LogP contribution in [0.25, 0.3) is 0 Å². The summed E-state index contributed by atoms with van der Waals surface area (Å²) in [6.45, 7) is 4.34. The highest BCUT2D eigenvalue weighted by atomic mass is 16.4. The molecule has 0 aliphatic rings. The number of hydrogen-bond acceptors (Lipinski definition) is 3. The molecule has 3 N–H and O–H groups in total. The Morgan fingerprint density at radius 2 is 2.00 bits per heavy atom. The fourth-order valence-corrected chi connectivity index (χ4v) is 1.98. The van der Waals surface area contributed by atoms with Crippen LogP contribution in [0.1, 0.15) is 22.8 Å². The number of carboxylic acid groups (broad SMARTS) is 1. The zero-order valence-corrected chi connectivity index (χ0v) is 12.2. The van der Waals surface area contributed by atoms with E-state index in [0.29, 0.717) is 17.8 Å². The number of carboxylic acids is 1. The first-order chi connectivity index (χ1) is 9.31. The van der Waals surface area contributed by atoms with Gasteiger partial charge in [0.1, 0.15) is 0 Å². The van der Waals surface area contributed by atoms with Gasteiger partial charge in [0.25, 0.3) is 0 Å². The van der Waals surface area contributed by atoms with Crippen LogP contribution in [-0.4, -0.2) is 48.7 Å². The molecule has 0 fully saturated rings. The van der Waals surface area contributed by atoms with Crippen LogP contribution in [0.4, 0.5) is 10.5 Å². The number of urea groups is 1. The number of hydrogen-bond donors (Lipinski definition) is 3. The number of anilines is 1. The normalized spacial score (nSPS) is 12.1. The second kappa shape index (κ2) is 6.91. The van der Waals surface area contributed by atoms with Gasteiger partial charge >= 0.3 is 12.0 Å². The molecule has 1 atom stereocenters. The number of rotatable bonds is 5. The molecule has 1 unspecified atom stereocenters. The summed E-state index contributed by atoms with van der Waals surface area (Å²) in [5, 5.41) is 14.5. The summed E-state index contributed by atoms with van der Waals surface area (Å²) in [5.41, 5.74) is 1.12. The van der Waals surface area contributed by atoms with Crippen molar-refractivity contribution >= 4 is 17.7 Å². The summed E-state index contributed by atoms with van der Waals surface area (Å²) in [4.78, 5) is 25.0. The number of nitrogens with zero attached hydrogens (tertiary/aromatic N) is 1. The van der Waals surface area contributed by atoms with Gasteiger partial charge < -0.3 is 20.6 Å². The lowest BCUT2D eigenvalue weighted by molar-refractivity contribution is 0.0698. The molecule has 20 heavy (non-hydrogen) atoms. The third-order valence-corrected chi connectivity index (χ3v) is 2.76. The van der Waals surface area contributed by atoms with Gasteiger partial charge in [0.05, 0.1) is 11.3 Å². The number of likely N-dealkylation sites (N-methyl/N-ethyl adjacent to an activating group) is 1. The second-order valence-corrected chi connectivity index (χ2v) is 5.06. The van der Waals surface area contributed by atoms with Crippen molar-refractivity contribution in [2.45, 2.75) is 19.9 Å². The smallest absolute Gasteiger partial charge is 0.337 e. The maximum absolute atomic E-state index is 11.9.